The maximum Gasteiger partial charge on any atom is 0.257 e. The molecule has 1 aromatic carbocycles. The average Bonchev–Trinajstić information content (AvgIpc) is 3.34. The summed E-state index contributed by atoms with van der Waals surface area (Å²) in [6.07, 6.45) is 1.55. The van der Waals surface area contributed by atoms with Gasteiger partial charge in [-0.1, -0.05) is 28.5 Å². The van der Waals surface area contributed by atoms with E-state index in [9.17, 15) is 0 Å². The number of furan rings is 1. The number of hydrogen-bond acceptors (Lipinski definition) is 8. The number of halogens is 1. The van der Waals surface area contributed by atoms with Crippen LogP contribution in [0.25, 0.3) is 23.0 Å². The largest absolute Gasteiger partial charge is 0.461 e. The van der Waals surface area contributed by atoms with E-state index in [1.54, 1.807) is 30.5 Å². The molecule has 0 bridgehead atoms. The van der Waals surface area contributed by atoms with E-state index in [1.165, 1.54) is 16.4 Å². The van der Waals surface area contributed by atoms with Crippen LogP contribution in [0.5, 0.6) is 0 Å². The standard InChI is InChI=1S/C15H11ClN6O2S/c16-10-5-3-9(4-6-10)14-18-12(21-24-14)8-25-15-20-19-13(22(15)17)11-2-1-7-23-11/h1-7H,8,17H2. The van der Waals surface area contributed by atoms with Gasteiger partial charge in [0.15, 0.2) is 11.6 Å². The van der Waals surface area contributed by atoms with E-state index in [0.29, 0.717) is 39.2 Å². The van der Waals surface area contributed by atoms with Crippen LogP contribution in [0.4, 0.5) is 0 Å². The van der Waals surface area contributed by atoms with Gasteiger partial charge in [-0.15, -0.1) is 10.2 Å². The fourth-order valence-electron chi connectivity index (χ4n) is 2.10. The summed E-state index contributed by atoms with van der Waals surface area (Å²) < 4.78 is 11.9. The van der Waals surface area contributed by atoms with Crippen LogP contribution in [0.15, 0.2) is 56.8 Å². The number of nitrogens with two attached hydrogens (primary N) is 1. The molecule has 4 aromatic rings. The molecule has 25 heavy (non-hydrogen) atoms. The summed E-state index contributed by atoms with van der Waals surface area (Å²) in [6.45, 7) is 0. The third kappa shape index (κ3) is 3.24. The van der Waals surface area contributed by atoms with Crippen LogP contribution in [-0.4, -0.2) is 25.0 Å². The molecule has 0 amide bonds. The summed E-state index contributed by atoms with van der Waals surface area (Å²) in [5.41, 5.74) is 0.801. The summed E-state index contributed by atoms with van der Waals surface area (Å²) in [5, 5.41) is 13.2. The van der Waals surface area contributed by atoms with E-state index in [1.807, 2.05) is 12.1 Å². The minimum Gasteiger partial charge on any atom is -0.461 e. The molecular weight excluding hydrogens is 364 g/mol. The highest BCUT2D eigenvalue weighted by Crippen LogP contribution is 2.25. The first-order valence-electron chi connectivity index (χ1n) is 7.16. The van der Waals surface area contributed by atoms with Gasteiger partial charge in [-0.05, 0) is 36.4 Å². The first-order chi connectivity index (χ1) is 12.2. The van der Waals surface area contributed by atoms with Crippen molar-refractivity contribution >= 4 is 23.4 Å². The fourth-order valence-corrected chi connectivity index (χ4v) is 2.93. The molecule has 10 heteroatoms. The predicted molar refractivity (Wildman–Crippen MR) is 92.2 cm³/mol. The van der Waals surface area contributed by atoms with Crippen LogP contribution in [0, 0.1) is 0 Å². The first kappa shape index (κ1) is 15.7. The summed E-state index contributed by atoms with van der Waals surface area (Å²) in [7, 11) is 0. The van der Waals surface area contributed by atoms with Crippen LogP contribution in [0.2, 0.25) is 5.02 Å². The van der Waals surface area contributed by atoms with Gasteiger partial charge < -0.3 is 14.8 Å². The number of hydrogen-bond donors (Lipinski definition) is 1. The number of nitrogen functional groups attached to an aromatic ring is 1. The van der Waals surface area contributed by atoms with Gasteiger partial charge in [0, 0.05) is 10.6 Å². The quantitative estimate of drug-likeness (QED) is 0.419. The third-order valence-corrected chi connectivity index (χ3v) is 4.49. The molecule has 0 aliphatic rings. The molecule has 8 nitrogen and oxygen atoms in total. The Morgan fingerprint density at radius 2 is 2.00 bits per heavy atom. The van der Waals surface area contributed by atoms with Crippen LogP contribution < -0.4 is 5.84 Å². The molecule has 0 fully saturated rings. The predicted octanol–water partition coefficient (Wildman–Crippen LogP) is 3.25. The zero-order valence-corrected chi connectivity index (χ0v) is 14.2. The van der Waals surface area contributed by atoms with Crippen molar-refractivity contribution in [1.29, 1.82) is 0 Å². The van der Waals surface area contributed by atoms with Crippen molar-refractivity contribution in [2.45, 2.75) is 10.9 Å². The molecule has 0 saturated carbocycles. The Morgan fingerprint density at radius 3 is 2.76 bits per heavy atom. The van der Waals surface area contributed by atoms with Crippen molar-refractivity contribution in [3.63, 3.8) is 0 Å². The molecule has 126 valence electrons. The van der Waals surface area contributed by atoms with Gasteiger partial charge in [-0.2, -0.15) is 4.98 Å². The first-order valence-corrected chi connectivity index (χ1v) is 8.53. The Hall–Kier alpha value is -2.78. The SMILES string of the molecule is Nn1c(SCc2noc(-c3ccc(Cl)cc3)n2)nnc1-c1ccco1. The Bertz CT molecular complexity index is 980. The summed E-state index contributed by atoms with van der Waals surface area (Å²) in [4.78, 5) is 4.35. The van der Waals surface area contributed by atoms with Crippen molar-refractivity contribution in [3.05, 3.63) is 53.5 Å². The molecule has 0 atom stereocenters. The van der Waals surface area contributed by atoms with Gasteiger partial charge in [0.05, 0.1) is 12.0 Å². The third-order valence-electron chi connectivity index (χ3n) is 3.30. The normalized spacial score (nSPS) is 11.1. The zero-order valence-electron chi connectivity index (χ0n) is 12.7. The van der Waals surface area contributed by atoms with Gasteiger partial charge in [0.2, 0.25) is 11.0 Å². The Balaban J connectivity index is 1.46. The van der Waals surface area contributed by atoms with Crippen LogP contribution in [0.1, 0.15) is 5.82 Å². The summed E-state index contributed by atoms with van der Waals surface area (Å²) in [6, 6.07) is 10.7. The van der Waals surface area contributed by atoms with E-state index in [0.717, 1.165) is 5.56 Å². The number of thioether (sulfide) groups is 1. The van der Waals surface area contributed by atoms with Crippen molar-refractivity contribution in [2.75, 3.05) is 5.84 Å². The second-order valence-corrected chi connectivity index (χ2v) is 6.34. The molecule has 2 N–H and O–H groups in total. The Labute approximate surface area is 151 Å². The van der Waals surface area contributed by atoms with E-state index >= 15 is 0 Å². The molecule has 3 aromatic heterocycles. The second-order valence-electron chi connectivity index (χ2n) is 4.96. The minimum absolute atomic E-state index is 0.428. The highest BCUT2D eigenvalue weighted by atomic mass is 35.5. The lowest BCUT2D eigenvalue weighted by Crippen LogP contribution is -2.11. The number of benzene rings is 1. The summed E-state index contributed by atoms with van der Waals surface area (Å²) in [5.74, 6) is 8.39. The molecule has 0 aliphatic heterocycles. The van der Waals surface area contributed by atoms with Gasteiger partial charge >= 0.3 is 0 Å². The zero-order chi connectivity index (χ0) is 17.2. The second kappa shape index (κ2) is 6.61. The van der Waals surface area contributed by atoms with E-state index < -0.39 is 0 Å². The molecule has 4 rings (SSSR count). The number of nitrogens with zero attached hydrogens (tertiary/aromatic N) is 5. The molecule has 0 aliphatic carbocycles. The highest BCUT2D eigenvalue weighted by Gasteiger charge is 2.16. The van der Waals surface area contributed by atoms with E-state index in [4.69, 9.17) is 26.4 Å². The molecular formula is C15H11ClN6O2S. The summed E-state index contributed by atoms with van der Waals surface area (Å²) >= 11 is 7.22. The van der Waals surface area contributed by atoms with Crippen molar-refractivity contribution in [1.82, 2.24) is 25.0 Å². The van der Waals surface area contributed by atoms with Crippen LogP contribution in [0.3, 0.4) is 0 Å². The van der Waals surface area contributed by atoms with Crippen LogP contribution >= 0.6 is 23.4 Å². The maximum absolute atomic E-state index is 6.00. The molecule has 0 radical (unpaired) electrons. The molecule has 0 spiro atoms. The lowest BCUT2D eigenvalue weighted by atomic mass is 10.2. The smallest absolute Gasteiger partial charge is 0.257 e. The fraction of sp³-hybridized carbons (Fsp3) is 0.0667. The highest BCUT2D eigenvalue weighted by molar-refractivity contribution is 7.98. The number of aromatic nitrogens is 5. The maximum atomic E-state index is 6.00. The molecule has 0 unspecified atom stereocenters. The monoisotopic (exact) mass is 374 g/mol. The molecule has 3 heterocycles. The van der Waals surface area contributed by atoms with Crippen LogP contribution in [-0.2, 0) is 5.75 Å². The van der Waals surface area contributed by atoms with Crippen molar-refractivity contribution in [3.8, 4) is 23.0 Å². The minimum atomic E-state index is 0.428. The Kier molecular flexibility index (Phi) is 4.16. The lowest BCUT2D eigenvalue weighted by Gasteiger charge is -1.99. The van der Waals surface area contributed by atoms with E-state index in [2.05, 4.69) is 20.3 Å². The van der Waals surface area contributed by atoms with Gasteiger partial charge in [0.1, 0.15) is 0 Å². The van der Waals surface area contributed by atoms with Gasteiger partial charge in [-0.25, -0.2) is 4.68 Å². The molecule has 0 saturated heterocycles. The van der Waals surface area contributed by atoms with Crippen molar-refractivity contribution < 1.29 is 8.94 Å². The van der Waals surface area contributed by atoms with E-state index in [-0.39, 0.29) is 0 Å². The van der Waals surface area contributed by atoms with Gasteiger partial charge in [0.25, 0.3) is 5.89 Å². The van der Waals surface area contributed by atoms with Crippen molar-refractivity contribution in [2.24, 2.45) is 0 Å². The topological polar surface area (TPSA) is 109 Å². The Morgan fingerprint density at radius 1 is 1.16 bits per heavy atom. The van der Waals surface area contributed by atoms with Gasteiger partial charge in [-0.3, -0.25) is 0 Å². The number of rotatable bonds is 5. The lowest BCUT2D eigenvalue weighted by molar-refractivity contribution is 0.425. The average molecular weight is 375 g/mol.